The van der Waals surface area contributed by atoms with Crippen molar-refractivity contribution >= 4 is 5.91 Å². The van der Waals surface area contributed by atoms with E-state index in [9.17, 15) is 4.79 Å². The number of piperidine rings is 2. The van der Waals surface area contributed by atoms with Gasteiger partial charge in [0.25, 0.3) is 0 Å². The Kier molecular flexibility index (Phi) is 5.91. The maximum absolute atomic E-state index is 13.2. The van der Waals surface area contributed by atoms with Crippen molar-refractivity contribution in [2.24, 2.45) is 5.92 Å². The zero-order valence-electron chi connectivity index (χ0n) is 17.1. The van der Waals surface area contributed by atoms with Crippen LogP contribution in [0, 0.1) is 5.92 Å². The van der Waals surface area contributed by atoms with Gasteiger partial charge in [-0.1, -0.05) is 25.7 Å². The van der Waals surface area contributed by atoms with Crippen LogP contribution >= 0.6 is 0 Å². The molecule has 2 unspecified atom stereocenters. The first-order chi connectivity index (χ1) is 13.2. The van der Waals surface area contributed by atoms with Crippen LogP contribution in [0.15, 0.2) is 24.5 Å². The van der Waals surface area contributed by atoms with Crippen molar-refractivity contribution in [3.63, 3.8) is 0 Å². The van der Waals surface area contributed by atoms with E-state index in [1.165, 1.54) is 64.5 Å². The van der Waals surface area contributed by atoms with Gasteiger partial charge in [-0.3, -0.25) is 4.79 Å². The molecule has 0 N–H and O–H groups in total. The predicted octanol–water partition coefficient (Wildman–Crippen LogP) is 4.26. The minimum Gasteiger partial charge on any atom is -0.348 e. The van der Waals surface area contributed by atoms with E-state index in [2.05, 4.69) is 45.9 Å². The van der Waals surface area contributed by atoms with Gasteiger partial charge in [0.2, 0.25) is 5.91 Å². The van der Waals surface area contributed by atoms with E-state index >= 15 is 0 Å². The summed E-state index contributed by atoms with van der Waals surface area (Å²) in [4.78, 5) is 18.0. The Labute approximate surface area is 164 Å². The van der Waals surface area contributed by atoms with Crippen LogP contribution in [-0.4, -0.2) is 53.0 Å². The van der Waals surface area contributed by atoms with Crippen LogP contribution in [-0.2, 0) is 10.3 Å². The van der Waals surface area contributed by atoms with Gasteiger partial charge in [-0.15, -0.1) is 0 Å². The summed E-state index contributed by atoms with van der Waals surface area (Å²) in [5, 5.41) is 0. The van der Waals surface area contributed by atoms with Crippen molar-refractivity contribution in [2.45, 2.75) is 82.2 Å². The number of fused-ring (bicyclic) bond motifs is 1. The fraction of sp³-hybridized carbons (Fsp3) is 0.783. The molecule has 3 heterocycles. The minimum atomic E-state index is 0.0104. The lowest BCUT2D eigenvalue weighted by molar-refractivity contribution is -0.134. The lowest BCUT2D eigenvalue weighted by Gasteiger charge is -2.45. The first-order valence-electron chi connectivity index (χ1n) is 11.3. The summed E-state index contributed by atoms with van der Waals surface area (Å²) in [7, 11) is 2.05. The lowest BCUT2D eigenvalue weighted by Crippen LogP contribution is -2.51. The summed E-state index contributed by atoms with van der Waals surface area (Å²) in [6, 6.07) is 4.92. The number of nitrogens with zero attached hydrogens (tertiary/aromatic N) is 3. The average Bonchev–Trinajstić information content (AvgIpc) is 3.24. The molecule has 150 valence electrons. The molecular formula is C23H37N3O. The SMILES string of the molecule is CN(CC1CCCN2CCCCC12)C(=O)CC1(n2cccc2)CCCCC1. The predicted molar refractivity (Wildman–Crippen MR) is 110 cm³/mol. The van der Waals surface area contributed by atoms with E-state index < -0.39 is 0 Å². The molecule has 3 fully saturated rings. The Balaban J connectivity index is 1.41. The third kappa shape index (κ3) is 4.11. The number of carbonyl (C=O) groups is 1. The number of amides is 1. The molecule has 1 aliphatic carbocycles. The van der Waals surface area contributed by atoms with E-state index in [-0.39, 0.29) is 5.54 Å². The second-order valence-corrected chi connectivity index (χ2v) is 9.33. The fourth-order valence-electron chi connectivity index (χ4n) is 6.05. The third-order valence-electron chi connectivity index (χ3n) is 7.58. The number of carbonyl (C=O) groups excluding carboxylic acids is 1. The van der Waals surface area contributed by atoms with Gasteiger partial charge in [-0.05, 0) is 69.7 Å². The third-order valence-corrected chi connectivity index (χ3v) is 7.58. The molecule has 2 atom stereocenters. The molecule has 0 radical (unpaired) electrons. The Hall–Kier alpha value is -1.29. The van der Waals surface area contributed by atoms with Crippen LogP contribution in [0.25, 0.3) is 0 Å². The number of hydrogen-bond donors (Lipinski definition) is 0. The van der Waals surface area contributed by atoms with Crippen LogP contribution in [0.1, 0.15) is 70.6 Å². The zero-order chi connectivity index (χ0) is 18.7. The molecule has 4 rings (SSSR count). The molecule has 0 bridgehead atoms. The Morgan fingerprint density at radius 2 is 1.74 bits per heavy atom. The molecular weight excluding hydrogens is 334 g/mol. The van der Waals surface area contributed by atoms with Gasteiger partial charge in [0.1, 0.15) is 0 Å². The van der Waals surface area contributed by atoms with E-state index in [1.54, 1.807) is 0 Å². The molecule has 1 amide bonds. The summed E-state index contributed by atoms with van der Waals surface area (Å²) >= 11 is 0. The van der Waals surface area contributed by atoms with Crippen LogP contribution in [0.3, 0.4) is 0 Å². The average molecular weight is 372 g/mol. The molecule has 0 spiro atoms. The molecule has 27 heavy (non-hydrogen) atoms. The maximum Gasteiger partial charge on any atom is 0.224 e. The van der Waals surface area contributed by atoms with Crippen molar-refractivity contribution in [3.05, 3.63) is 24.5 Å². The monoisotopic (exact) mass is 371 g/mol. The van der Waals surface area contributed by atoms with Gasteiger partial charge in [-0.25, -0.2) is 0 Å². The minimum absolute atomic E-state index is 0.0104. The smallest absolute Gasteiger partial charge is 0.224 e. The second kappa shape index (κ2) is 8.38. The van der Waals surface area contributed by atoms with Crippen LogP contribution < -0.4 is 0 Å². The first kappa shape index (κ1) is 19.0. The summed E-state index contributed by atoms with van der Waals surface area (Å²) in [5.74, 6) is 1.01. The highest BCUT2D eigenvalue weighted by Gasteiger charge is 2.38. The van der Waals surface area contributed by atoms with Gasteiger partial charge in [0, 0.05) is 32.0 Å². The van der Waals surface area contributed by atoms with Gasteiger partial charge in [0.05, 0.1) is 12.0 Å². The van der Waals surface area contributed by atoms with E-state index in [0.29, 0.717) is 18.2 Å². The number of hydrogen-bond acceptors (Lipinski definition) is 2. The summed E-state index contributed by atoms with van der Waals surface area (Å²) in [6.07, 6.45) is 17.7. The van der Waals surface area contributed by atoms with Gasteiger partial charge >= 0.3 is 0 Å². The fourth-order valence-corrected chi connectivity index (χ4v) is 6.05. The van der Waals surface area contributed by atoms with E-state index in [4.69, 9.17) is 0 Å². The largest absolute Gasteiger partial charge is 0.348 e. The molecule has 3 aliphatic rings. The van der Waals surface area contributed by atoms with Crippen LogP contribution in [0.5, 0.6) is 0 Å². The Morgan fingerprint density at radius 3 is 2.52 bits per heavy atom. The molecule has 1 saturated carbocycles. The molecule has 4 heteroatoms. The molecule has 0 aromatic carbocycles. The van der Waals surface area contributed by atoms with Crippen LogP contribution in [0.2, 0.25) is 0 Å². The highest BCUT2D eigenvalue weighted by Crippen LogP contribution is 2.39. The van der Waals surface area contributed by atoms with Gasteiger partial charge < -0.3 is 14.4 Å². The molecule has 2 saturated heterocycles. The zero-order valence-corrected chi connectivity index (χ0v) is 17.1. The standard InChI is InChI=1S/C23H37N3O/c1-24(19-20-10-9-15-25-14-6-3-11-21(20)25)22(27)18-23(12-4-2-5-13-23)26-16-7-8-17-26/h7-8,16-17,20-21H,2-6,9-15,18-19H2,1H3. The maximum atomic E-state index is 13.2. The van der Waals surface area contributed by atoms with E-state index in [0.717, 1.165) is 25.4 Å². The highest BCUT2D eigenvalue weighted by molar-refractivity contribution is 5.77. The molecule has 2 aliphatic heterocycles. The van der Waals surface area contributed by atoms with Crippen molar-refractivity contribution < 1.29 is 4.79 Å². The Bertz CT molecular complexity index is 603. The van der Waals surface area contributed by atoms with Gasteiger partial charge in [0.15, 0.2) is 0 Å². The lowest BCUT2D eigenvalue weighted by atomic mass is 9.78. The topological polar surface area (TPSA) is 28.5 Å². The second-order valence-electron chi connectivity index (χ2n) is 9.33. The normalized spacial score (nSPS) is 28.5. The van der Waals surface area contributed by atoms with Crippen molar-refractivity contribution in [2.75, 3.05) is 26.7 Å². The highest BCUT2D eigenvalue weighted by atomic mass is 16.2. The quantitative estimate of drug-likeness (QED) is 0.774. The molecule has 1 aromatic rings. The molecule has 4 nitrogen and oxygen atoms in total. The Morgan fingerprint density at radius 1 is 1.00 bits per heavy atom. The first-order valence-corrected chi connectivity index (χ1v) is 11.3. The summed E-state index contributed by atoms with van der Waals surface area (Å²) in [5.41, 5.74) is 0.0104. The van der Waals surface area contributed by atoms with Gasteiger partial charge in [-0.2, -0.15) is 0 Å². The van der Waals surface area contributed by atoms with Crippen molar-refractivity contribution in [1.29, 1.82) is 0 Å². The van der Waals surface area contributed by atoms with Crippen molar-refractivity contribution in [3.8, 4) is 0 Å². The van der Waals surface area contributed by atoms with E-state index in [1.807, 2.05) is 0 Å². The summed E-state index contributed by atoms with van der Waals surface area (Å²) < 4.78 is 2.33. The van der Waals surface area contributed by atoms with Crippen LogP contribution in [0.4, 0.5) is 0 Å². The number of rotatable bonds is 5. The molecule has 1 aromatic heterocycles. The van der Waals surface area contributed by atoms with Crippen molar-refractivity contribution in [1.82, 2.24) is 14.4 Å². The summed E-state index contributed by atoms with van der Waals surface area (Å²) in [6.45, 7) is 3.49. The number of aromatic nitrogens is 1.